The molecule has 0 unspecified atom stereocenters. The molecule has 0 saturated carbocycles. The topological polar surface area (TPSA) is 184 Å². The van der Waals surface area contributed by atoms with Crippen LogP contribution < -0.4 is 10.2 Å². The van der Waals surface area contributed by atoms with Gasteiger partial charge in [0.05, 0.1) is 17.2 Å². The average Bonchev–Trinajstić information content (AvgIpc) is 3.27. The fourth-order valence-corrected chi connectivity index (χ4v) is 7.20. The van der Waals surface area contributed by atoms with Gasteiger partial charge in [0.15, 0.2) is 5.78 Å². The molecular formula is C30H32N2O10S2. The van der Waals surface area contributed by atoms with Crippen LogP contribution in [0.15, 0.2) is 82.3 Å². The van der Waals surface area contributed by atoms with Crippen LogP contribution >= 0.6 is 0 Å². The molecule has 0 radical (unpaired) electrons. The molecule has 0 fully saturated rings. The molecule has 2 heterocycles. The number of nitrogens with zero attached hydrogens (tertiary/aromatic N) is 1. The summed E-state index contributed by atoms with van der Waals surface area (Å²) in [4.78, 5) is 37.0. The zero-order chi connectivity index (χ0) is 32.3. The van der Waals surface area contributed by atoms with Crippen molar-refractivity contribution in [1.82, 2.24) is 0 Å². The lowest BCUT2D eigenvalue weighted by Gasteiger charge is -2.27. The second kappa shape index (κ2) is 12.9. The SMILES string of the molecule is CC1(C)/C(=C/C=C/C=C2/C(=O)c3ccccc3S2(=O)=O)N(CCCS(=O)(=O)O)c2ccc(NCC(=O)COCC(=O)O)cc21. The van der Waals surface area contributed by atoms with Crippen LogP contribution in [-0.4, -0.2) is 76.1 Å². The Morgan fingerprint density at radius 3 is 2.45 bits per heavy atom. The Balaban J connectivity index is 1.59. The second-order valence-electron chi connectivity index (χ2n) is 10.7. The van der Waals surface area contributed by atoms with Crippen molar-refractivity contribution in [3.63, 3.8) is 0 Å². The number of ether oxygens (including phenoxy) is 1. The number of nitrogens with one attached hydrogen (secondary N) is 1. The lowest BCUT2D eigenvalue weighted by molar-refractivity contribution is -0.143. The molecule has 2 aromatic rings. The lowest BCUT2D eigenvalue weighted by atomic mass is 9.83. The van der Waals surface area contributed by atoms with Gasteiger partial charge in [0, 0.05) is 34.6 Å². The number of rotatable bonds is 13. The molecular weight excluding hydrogens is 612 g/mol. The summed E-state index contributed by atoms with van der Waals surface area (Å²) in [7, 11) is -8.12. The first kappa shape index (κ1) is 32.8. The van der Waals surface area contributed by atoms with E-state index in [4.69, 9.17) is 9.84 Å². The van der Waals surface area contributed by atoms with Crippen LogP contribution in [0, 0.1) is 0 Å². The van der Waals surface area contributed by atoms with E-state index in [2.05, 4.69) is 5.32 Å². The van der Waals surface area contributed by atoms with Crippen molar-refractivity contribution in [2.75, 3.05) is 42.3 Å². The number of hydrogen-bond acceptors (Lipinski definition) is 10. The van der Waals surface area contributed by atoms with Crippen LogP contribution in [0.2, 0.25) is 0 Å². The van der Waals surface area contributed by atoms with E-state index in [1.54, 1.807) is 30.4 Å². The van der Waals surface area contributed by atoms with Crippen molar-refractivity contribution in [3.05, 3.63) is 88.5 Å². The van der Waals surface area contributed by atoms with Crippen molar-refractivity contribution < 1.29 is 45.6 Å². The third-order valence-electron chi connectivity index (χ3n) is 7.20. The first-order chi connectivity index (χ1) is 20.6. The summed E-state index contributed by atoms with van der Waals surface area (Å²) < 4.78 is 62.6. The average molecular weight is 645 g/mol. The summed E-state index contributed by atoms with van der Waals surface area (Å²) in [6.07, 6.45) is 6.19. The van der Waals surface area contributed by atoms with Gasteiger partial charge in [-0.15, -0.1) is 0 Å². The Morgan fingerprint density at radius 2 is 1.77 bits per heavy atom. The monoisotopic (exact) mass is 644 g/mol. The van der Waals surface area contributed by atoms with E-state index >= 15 is 0 Å². The predicted molar refractivity (Wildman–Crippen MR) is 163 cm³/mol. The minimum Gasteiger partial charge on any atom is -0.480 e. The molecule has 2 aromatic carbocycles. The number of hydrogen-bond donors (Lipinski definition) is 3. The summed E-state index contributed by atoms with van der Waals surface area (Å²) >= 11 is 0. The molecule has 14 heteroatoms. The largest absolute Gasteiger partial charge is 0.480 e. The van der Waals surface area contributed by atoms with Gasteiger partial charge < -0.3 is 20.1 Å². The van der Waals surface area contributed by atoms with Gasteiger partial charge >= 0.3 is 5.97 Å². The fourth-order valence-electron chi connectivity index (χ4n) is 5.15. The highest BCUT2D eigenvalue weighted by Gasteiger charge is 2.40. The van der Waals surface area contributed by atoms with Crippen LogP contribution in [0.3, 0.4) is 0 Å². The maximum absolute atomic E-state index is 12.9. The number of fused-ring (bicyclic) bond motifs is 2. The number of allylic oxidation sites excluding steroid dienone is 6. The van der Waals surface area contributed by atoms with Crippen LogP contribution in [-0.2, 0) is 39.7 Å². The molecule has 234 valence electrons. The van der Waals surface area contributed by atoms with E-state index < -0.39 is 49.5 Å². The normalized spacial score (nSPS) is 18.6. The highest BCUT2D eigenvalue weighted by Crippen LogP contribution is 2.48. The Morgan fingerprint density at radius 1 is 1.07 bits per heavy atom. The van der Waals surface area contributed by atoms with Gasteiger partial charge in [0.25, 0.3) is 10.1 Å². The highest BCUT2D eigenvalue weighted by atomic mass is 32.2. The van der Waals surface area contributed by atoms with Crippen molar-refractivity contribution in [3.8, 4) is 0 Å². The smallest absolute Gasteiger partial charge is 0.329 e. The minimum atomic E-state index is -4.18. The predicted octanol–water partition coefficient (Wildman–Crippen LogP) is 3.14. The molecule has 4 rings (SSSR count). The molecule has 0 saturated heterocycles. The molecule has 0 bridgehead atoms. The maximum atomic E-state index is 12.9. The van der Waals surface area contributed by atoms with Crippen molar-refractivity contribution in [2.24, 2.45) is 0 Å². The summed E-state index contributed by atoms with van der Waals surface area (Å²) in [5.74, 6) is -2.54. The van der Waals surface area contributed by atoms with Gasteiger partial charge in [-0.2, -0.15) is 8.42 Å². The molecule has 0 aromatic heterocycles. The Hall–Kier alpha value is -4.11. The van der Waals surface area contributed by atoms with E-state index in [9.17, 15) is 35.8 Å². The fraction of sp³-hybridized carbons (Fsp3) is 0.300. The van der Waals surface area contributed by atoms with Crippen molar-refractivity contribution in [2.45, 2.75) is 30.6 Å². The molecule has 0 atom stereocenters. The molecule has 0 aliphatic carbocycles. The van der Waals surface area contributed by atoms with Gasteiger partial charge in [-0.25, -0.2) is 13.2 Å². The van der Waals surface area contributed by atoms with E-state index in [0.717, 1.165) is 16.9 Å². The Bertz CT molecular complexity index is 1810. The number of carbonyl (C=O) groups is 3. The molecule has 0 spiro atoms. The number of carboxylic acids is 1. The molecule has 2 aliphatic heterocycles. The maximum Gasteiger partial charge on any atom is 0.329 e. The first-order valence-corrected chi connectivity index (χ1v) is 16.6. The van der Waals surface area contributed by atoms with Gasteiger partial charge in [-0.05, 0) is 54.5 Å². The minimum absolute atomic E-state index is 0.0284. The Kier molecular flexibility index (Phi) is 9.59. The highest BCUT2D eigenvalue weighted by molar-refractivity contribution is 7.97. The van der Waals surface area contributed by atoms with Crippen LogP contribution in [0.4, 0.5) is 11.4 Å². The molecule has 12 nitrogen and oxygen atoms in total. The van der Waals surface area contributed by atoms with Gasteiger partial charge in [0.2, 0.25) is 15.6 Å². The van der Waals surface area contributed by atoms with E-state index in [0.29, 0.717) is 5.69 Å². The molecule has 2 aliphatic rings. The van der Waals surface area contributed by atoms with Gasteiger partial charge in [0.1, 0.15) is 18.1 Å². The van der Waals surface area contributed by atoms with Crippen LogP contribution in [0.5, 0.6) is 0 Å². The third-order valence-corrected chi connectivity index (χ3v) is 9.84. The van der Waals surface area contributed by atoms with Crippen LogP contribution in [0.25, 0.3) is 0 Å². The van der Waals surface area contributed by atoms with Crippen molar-refractivity contribution >= 4 is 48.9 Å². The number of carboxylic acid groups (broad SMARTS) is 1. The third kappa shape index (κ3) is 7.16. The number of anilines is 2. The van der Waals surface area contributed by atoms with Crippen molar-refractivity contribution in [1.29, 1.82) is 0 Å². The zero-order valence-electron chi connectivity index (χ0n) is 24.0. The summed E-state index contributed by atoms with van der Waals surface area (Å²) in [6.45, 7) is 3.11. The Labute approximate surface area is 255 Å². The molecule has 44 heavy (non-hydrogen) atoms. The van der Waals surface area contributed by atoms with E-state index in [1.807, 2.05) is 30.9 Å². The zero-order valence-corrected chi connectivity index (χ0v) is 25.7. The lowest BCUT2D eigenvalue weighted by Crippen LogP contribution is -2.28. The standard InChI is InChI=1S/C30H32N2O10S2/c1-30(2)23-16-20(31-17-21(33)18-42-19-28(34)35)12-13-24(23)32(14-7-15-43(37,38)39)27(30)11-6-5-10-26-29(36)22-8-3-4-9-25(22)44(26,40)41/h3-6,8-13,16,31H,7,14-15,17-19H2,1-2H3,(H,34,35)(H,37,38,39)/b6-5+,26-10-,27-11-. The second-order valence-corrected chi connectivity index (χ2v) is 14.2. The number of sulfone groups is 1. The number of ketones is 2. The number of aliphatic carboxylic acids is 1. The number of Topliss-reactive ketones (excluding diaryl/α,β-unsaturated/α-hetero) is 2. The number of benzene rings is 2. The summed E-state index contributed by atoms with van der Waals surface area (Å²) in [6, 6.07) is 11.4. The molecule has 3 N–H and O–H groups in total. The van der Waals surface area contributed by atoms with Gasteiger partial charge in [-0.3, -0.25) is 14.1 Å². The number of carbonyl (C=O) groups excluding carboxylic acids is 2. The molecule has 0 amide bonds. The first-order valence-electron chi connectivity index (χ1n) is 13.5. The van der Waals surface area contributed by atoms with Gasteiger partial charge in [-0.1, -0.05) is 38.1 Å². The van der Waals surface area contributed by atoms with E-state index in [-0.39, 0.29) is 47.3 Å². The van der Waals surface area contributed by atoms with E-state index in [1.165, 1.54) is 24.3 Å². The van der Waals surface area contributed by atoms with Crippen LogP contribution in [0.1, 0.15) is 36.2 Å². The summed E-state index contributed by atoms with van der Waals surface area (Å²) in [5.41, 5.74) is 2.48. The quantitative estimate of drug-likeness (QED) is 0.214. The summed E-state index contributed by atoms with van der Waals surface area (Å²) in [5, 5.41) is 11.7.